The van der Waals surface area contributed by atoms with Gasteiger partial charge in [-0.2, -0.15) is 0 Å². The summed E-state index contributed by atoms with van der Waals surface area (Å²) in [5.41, 5.74) is 2.78. The largest absolute Gasteiger partial charge is 0.494 e. The number of hydrogen-bond acceptors (Lipinski definition) is 6. The summed E-state index contributed by atoms with van der Waals surface area (Å²) in [6.07, 6.45) is 2.52. The third-order valence-corrected chi connectivity index (χ3v) is 6.32. The molecule has 0 aliphatic heterocycles. The van der Waals surface area contributed by atoms with Gasteiger partial charge < -0.3 is 30.9 Å². The Kier molecular flexibility index (Phi) is 10.0. The maximum Gasteiger partial charge on any atom is 0.251 e. The number of nitrogens with one attached hydrogen (secondary N) is 3. The van der Waals surface area contributed by atoms with Gasteiger partial charge in [-0.15, -0.1) is 0 Å². The predicted octanol–water partition coefficient (Wildman–Crippen LogP) is 1.50. The van der Waals surface area contributed by atoms with Gasteiger partial charge in [0.25, 0.3) is 11.8 Å². The van der Waals surface area contributed by atoms with Crippen LogP contribution < -0.4 is 20.7 Å². The Morgan fingerprint density at radius 2 is 1.83 bits per heavy atom. The smallest absolute Gasteiger partial charge is 0.251 e. The first kappa shape index (κ1) is 26.6. The van der Waals surface area contributed by atoms with Gasteiger partial charge in [0.2, 0.25) is 0 Å². The molecule has 0 aromatic heterocycles. The van der Waals surface area contributed by atoms with Crippen LogP contribution in [-0.2, 0) is 11.2 Å². The highest BCUT2D eigenvalue weighted by Crippen LogP contribution is 2.34. The fourth-order valence-electron chi connectivity index (χ4n) is 4.32. The highest BCUT2D eigenvalue weighted by atomic mass is 19.1. The minimum absolute atomic E-state index is 0.158. The quantitative estimate of drug-likeness (QED) is 0.290. The second-order valence-electron chi connectivity index (χ2n) is 8.75. The number of methoxy groups -OCH3 is 1. The number of aliphatic hydroxyl groups is 2. The van der Waals surface area contributed by atoms with Crippen LogP contribution in [0.15, 0.2) is 42.5 Å². The summed E-state index contributed by atoms with van der Waals surface area (Å²) in [5.74, 6) is -0.563. The lowest BCUT2D eigenvalue weighted by Crippen LogP contribution is -2.41. The molecule has 1 aliphatic carbocycles. The molecule has 3 rings (SSSR count). The van der Waals surface area contributed by atoms with E-state index in [9.17, 15) is 19.1 Å². The van der Waals surface area contributed by atoms with Gasteiger partial charge in [-0.05, 0) is 73.5 Å². The summed E-state index contributed by atoms with van der Waals surface area (Å²) in [7, 11) is 1.47. The van der Waals surface area contributed by atoms with Gasteiger partial charge in [0.15, 0.2) is 17.7 Å². The molecule has 3 atom stereocenters. The van der Waals surface area contributed by atoms with Crippen molar-refractivity contribution in [2.24, 2.45) is 0 Å². The number of aliphatic hydroxyl groups excluding tert-OH is 2. The third-order valence-electron chi connectivity index (χ3n) is 6.32. The van der Waals surface area contributed by atoms with Crippen LogP contribution in [0.4, 0.5) is 4.39 Å². The SMILES string of the molecule is COc1cc(CCN[C@H]2CC[C@@H](c3ccc(C(=O)NCCNC(=O)C(O)CO)cc3)C2)ccc1F. The molecule has 8 nitrogen and oxygen atoms in total. The molecule has 1 saturated carbocycles. The van der Waals surface area contributed by atoms with Crippen molar-refractivity contribution in [2.45, 2.75) is 43.7 Å². The van der Waals surface area contributed by atoms with E-state index in [1.54, 1.807) is 24.3 Å². The summed E-state index contributed by atoms with van der Waals surface area (Å²) < 4.78 is 18.6. The van der Waals surface area contributed by atoms with Crippen LogP contribution in [0.2, 0.25) is 0 Å². The van der Waals surface area contributed by atoms with Gasteiger partial charge in [-0.3, -0.25) is 9.59 Å². The van der Waals surface area contributed by atoms with Crippen molar-refractivity contribution in [3.8, 4) is 5.75 Å². The molecule has 1 fully saturated rings. The maximum absolute atomic E-state index is 13.6. The van der Waals surface area contributed by atoms with Gasteiger partial charge in [0.05, 0.1) is 13.7 Å². The average Bonchev–Trinajstić information content (AvgIpc) is 3.35. The van der Waals surface area contributed by atoms with Crippen molar-refractivity contribution in [3.05, 3.63) is 65.0 Å². The number of amides is 2. The lowest BCUT2D eigenvalue weighted by Gasteiger charge is -2.14. The molecule has 35 heavy (non-hydrogen) atoms. The molecule has 2 aromatic carbocycles. The van der Waals surface area contributed by atoms with E-state index in [-0.39, 0.29) is 30.6 Å². The zero-order chi connectivity index (χ0) is 25.2. The lowest BCUT2D eigenvalue weighted by molar-refractivity contribution is -0.131. The molecule has 1 aliphatic rings. The zero-order valence-electron chi connectivity index (χ0n) is 19.9. The summed E-state index contributed by atoms with van der Waals surface area (Å²) in [6, 6.07) is 13.0. The van der Waals surface area contributed by atoms with E-state index < -0.39 is 18.6 Å². The van der Waals surface area contributed by atoms with Gasteiger partial charge in [0, 0.05) is 24.7 Å². The Morgan fingerprint density at radius 1 is 1.09 bits per heavy atom. The summed E-state index contributed by atoms with van der Waals surface area (Å²) in [5, 5.41) is 26.7. The van der Waals surface area contributed by atoms with Crippen LogP contribution in [-0.4, -0.2) is 67.5 Å². The average molecular weight is 488 g/mol. The van der Waals surface area contributed by atoms with Gasteiger partial charge in [0.1, 0.15) is 0 Å². The molecule has 9 heteroatoms. The van der Waals surface area contributed by atoms with Crippen LogP contribution in [0, 0.1) is 5.82 Å². The minimum atomic E-state index is -1.46. The molecule has 0 bridgehead atoms. The van der Waals surface area contributed by atoms with Gasteiger partial charge >= 0.3 is 0 Å². The van der Waals surface area contributed by atoms with Crippen LogP contribution in [0.5, 0.6) is 5.75 Å². The van der Waals surface area contributed by atoms with E-state index >= 15 is 0 Å². The second kappa shape index (κ2) is 13.2. The van der Waals surface area contributed by atoms with Crippen molar-refractivity contribution in [2.75, 3.05) is 33.4 Å². The molecular weight excluding hydrogens is 453 g/mol. The van der Waals surface area contributed by atoms with E-state index in [4.69, 9.17) is 9.84 Å². The number of carbonyl (C=O) groups excluding carboxylic acids is 2. The maximum atomic E-state index is 13.6. The summed E-state index contributed by atoms with van der Waals surface area (Å²) in [6.45, 7) is 0.536. The third kappa shape index (κ3) is 7.74. The fourth-order valence-corrected chi connectivity index (χ4v) is 4.32. The van der Waals surface area contributed by atoms with Crippen molar-refractivity contribution in [1.29, 1.82) is 0 Å². The van der Waals surface area contributed by atoms with E-state index in [1.165, 1.54) is 18.7 Å². The molecular formula is C26H34FN3O5. The Balaban J connectivity index is 1.39. The number of halogens is 1. The van der Waals surface area contributed by atoms with Gasteiger partial charge in [-0.1, -0.05) is 18.2 Å². The van der Waals surface area contributed by atoms with Crippen LogP contribution in [0.25, 0.3) is 0 Å². The second-order valence-corrected chi connectivity index (χ2v) is 8.75. The zero-order valence-corrected chi connectivity index (χ0v) is 19.9. The van der Waals surface area contributed by atoms with Crippen LogP contribution >= 0.6 is 0 Å². The Morgan fingerprint density at radius 3 is 2.54 bits per heavy atom. The van der Waals surface area contributed by atoms with Crippen molar-refractivity contribution >= 4 is 11.8 Å². The standard InChI is InChI=1S/C26H34FN3O5/c1-35-24-14-17(2-9-22(24)27)10-11-28-21-8-7-20(15-21)18-3-5-19(6-4-18)25(33)29-12-13-30-26(34)23(32)16-31/h2-6,9,14,20-21,23,28,31-32H,7-8,10-13,15-16H2,1H3,(H,29,33)(H,30,34)/t20-,21+,23?/m1/s1. The topological polar surface area (TPSA) is 120 Å². The molecule has 0 heterocycles. The Labute approximate surface area is 204 Å². The predicted molar refractivity (Wildman–Crippen MR) is 130 cm³/mol. The normalized spacial score (nSPS) is 18.2. The van der Waals surface area contributed by atoms with Crippen molar-refractivity contribution in [1.82, 2.24) is 16.0 Å². The number of rotatable bonds is 12. The highest BCUT2D eigenvalue weighted by Gasteiger charge is 2.25. The van der Waals surface area contributed by atoms with Crippen LogP contribution in [0.1, 0.15) is 46.7 Å². The molecule has 0 saturated heterocycles. The number of ether oxygens (including phenoxy) is 1. The molecule has 1 unspecified atom stereocenters. The minimum Gasteiger partial charge on any atom is -0.494 e. The molecule has 5 N–H and O–H groups in total. The van der Waals surface area contributed by atoms with E-state index in [2.05, 4.69) is 16.0 Å². The first-order valence-corrected chi connectivity index (χ1v) is 11.9. The van der Waals surface area contributed by atoms with Crippen molar-refractivity contribution in [3.63, 3.8) is 0 Å². The van der Waals surface area contributed by atoms with E-state index in [0.717, 1.165) is 37.8 Å². The first-order valence-electron chi connectivity index (χ1n) is 11.9. The number of carbonyl (C=O) groups is 2. The van der Waals surface area contributed by atoms with Crippen molar-refractivity contribution < 1.29 is 28.9 Å². The van der Waals surface area contributed by atoms with E-state index in [0.29, 0.717) is 17.5 Å². The van der Waals surface area contributed by atoms with E-state index in [1.807, 2.05) is 12.1 Å². The molecule has 0 spiro atoms. The van der Waals surface area contributed by atoms with Crippen LogP contribution in [0.3, 0.4) is 0 Å². The fraction of sp³-hybridized carbons (Fsp3) is 0.462. The number of benzene rings is 2. The molecule has 190 valence electrons. The lowest BCUT2D eigenvalue weighted by atomic mass is 9.96. The number of hydrogen-bond donors (Lipinski definition) is 5. The van der Waals surface area contributed by atoms with Gasteiger partial charge in [-0.25, -0.2) is 4.39 Å². The summed E-state index contributed by atoms with van der Waals surface area (Å²) in [4.78, 5) is 23.7. The Hall–Kier alpha value is -3.01. The first-order chi connectivity index (χ1) is 16.9. The molecule has 0 radical (unpaired) electrons. The molecule has 2 aromatic rings. The molecule has 2 amide bonds. The highest BCUT2D eigenvalue weighted by molar-refractivity contribution is 5.94. The Bertz CT molecular complexity index is 985. The summed E-state index contributed by atoms with van der Waals surface area (Å²) >= 11 is 0. The monoisotopic (exact) mass is 487 g/mol.